The molecule has 5 nitrogen and oxygen atoms in total. The molecule has 0 aromatic heterocycles. The quantitative estimate of drug-likeness (QED) is 0.899. The second-order valence-corrected chi connectivity index (χ2v) is 6.98. The Morgan fingerprint density at radius 1 is 1.17 bits per heavy atom. The summed E-state index contributed by atoms with van der Waals surface area (Å²) in [7, 11) is 0. The van der Waals surface area contributed by atoms with E-state index in [9.17, 15) is 9.59 Å². The summed E-state index contributed by atoms with van der Waals surface area (Å²) in [6.07, 6.45) is 1.94. The van der Waals surface area contributed by atoms with Crippen molar-refractivity contribution in [1.29, 1.82) is 0 Å². The molecule has 24 heavy (non-hydrogen) atoms. The van der Waals surface area contributed by atoms with Crippen molar-refractivity contribution >= 4 is 17.5 Å². The predicted octanol–water partition coefficient (Wildman–Crippen LogP) is 1.99. The zero-order chi connectivity index (χ0) is 17.1. The first kappa shape index (κ1) is 17.0. The predicted molar refractivity (Wildman–Crippen MR) is 94.7 cm³/mol. The third-order valence-corrected chi connectivity index (χ3v) is 5.15. The summed E-state index contributed by atoms with van der Waals surface area (Å²) in [4.78, 5) is 28.6. The summed E-state index contributed by atoms with van der Waals surface area (Å²) in [5.41, 5.74) is 2.06. The average molecular weight is 329 g/mol. The van der Waals surface area contributed by atoms with Gasteiger partial charge in [-0.2, -0.15) is 0 Å². The van der Waals surface area contributed by atoms with E-state index in [1.54, 1.807) is 0 Å². The second kappa shape index (κ2) is 7.34. The highest BCUT2D eigenvalue weighted by Crippen LogP contribution is 2.39. The molecule has 0 radical (unpaired) electrons. The van der Waals surface area contributed by atoms with Gasteiger partial charge < -0.3 is 10.2 Å². The van der Waals surface area contributed by atoms with Crippen molar-refractivity contribution < 1.29 is 9.59 Å². The molecule has 1 N–H and O–H groups in total. The van der Waals surface area contributed by atoms with Gasteiger partial charge in [0.05, 0.1) is 6.54 Å². The third kappa shape index (κ3) is 3.96. The lowest BCUT2D eigenvalue weighted by Crippen LogP contribution is -2.51. The van der Waals surface area contributed by atoms with Crippen molar-refractivity contribution in [2.24, 2.45) is 11.8 Å². The number of rotatable bonds is 5. The van der Waals surface area contributed by atoms with Gasteiger partial charge in [-0.05, 0) is 30.4 Å². The summed E-state index contributed by atoms with van der Waals surface area (Å²) in [5, 5.41) is 3.02. The van der Waals surface area contributed by atoms with Crippen molar-refractivity contribution in [3.63, 3.8) is 0 Å². The van der Waals surface area contributed by atoms with Crippen molar-refractivity contribution in [2.75, 3.05) is 38.0 Å². The molecular weight excluding hydrogens is 302 g/mol. The molecule has 1 saturated heterocycles. The molecule has 0 bridgehead atoms. The van der Waals surface area contributed by atoms with Crippen LogP contribution in [0.4, 0.5) is 5.69 Å². The summed E-state index contributed by atoms with van der Waals surface area (Å²) in [6.45, 7) is 7.63. The SMILES string of the molecule is CCc1ccccc1NC(=O)CN1CCN(C(=O)[C@@H]2C[C@@H]2C)CC1. The van der Waals surface area contributed by atoms with E-state index in [1.807, 2.05) is 29.2 Å². The van der Waals surface area contributed by atoms with E-state index in [2.05, 4.69) is 24.1 Å². The van der Waals surface area contributed by atoms with Gasteiger partial charge in [0, 0.05) is 37.8 Å². The van der Waals surface area contributed by atoms with E-state index in [0.29, 0.717) is 18.4 Å². The molecule has 1 aliphatic carbocycles. The number of piperazine rings is 1. The molecule has 5 heteroatoms. The topological polar surface area (TPSA) is 52.7 Å². The molecular formula is C19H27N3O2. The van der Waals surface area contributed by atoms with E-state index in [-0.39, 0.29) is 11.8 Å². The number of benzene rings is 1. The fourth-order valence-electron chi connectivity index (χ4n) is 3.37. The molecule has 1 heterocycles. The first-order valence-corrected chi connectivity index (χ1v) is 8.97. The number of carbonyl (C=O) groups excluding carboxylic acids is 2. The second-order valence-electron chi connectivity index (χ2n) is 6.98. The molecule has 1 aromatic rings. The minimum atomic E-state index is 0.0199. The Hall–Kier alpha value is -1.88. The van der Waals surface area contributed by atoms with Gasteiger partial charge in [-0.3, -0.25) is 14.5 Å². The number of anilines is 1. The van der Waals surface area contributed by atoms with Crippen LogP contribution >= 0.6 is 0 Å². The summed E-state index contributed by atoms with van der Waals surface area (Å²) in [5.74, 6) is 1.14. The number of hydrogen-bond donors (Lipinski definition) is 1. The average Bonchev–Trinajstić information content (AvgIpc) is 3.32. The van der Waals surface area contributed by atoms with E-state index in [1.165, 1.54) is 0 Å². The van der Waals surface area contributed by atoms with Crippen LogP contribution in [0.1, 0.15) is 25.8 Å². The van der Waals surface area contributed by atoms with Crippen LogP contribution in [0.3, 0.4) is 0 Å². The van der Waals surface area contributed by atoms with Crippen LogP contribution in [-0.4, -0.2) is 54.3 Å². The van der Waals surface area contributed by atoms with E-state index in [4.69, 9.17) is 0 Å². The van der Waals surface area contributed by atoms with E-state index >= 15 is 0 Å². The Morgan fingerprint density at radius 2 is 1.83 bits per heavy atom. The summed E-state index contributed by atoms with van der Waals surface area (Å²) in [6, 6.07) is 7.92. The molecule has 0 unspecified atom stereocenters. The minimum Gasteiger partial charge on any atom is -0.340 e. The van der Waals surface area contributed by atoms with Crippen LogP contribution in [0.15, 0.2) is 24.3 Å². The summed E-state index contributed by atoms with van der Waals surface area (Å²) < 4.78 is 0. The molecule has 2 aliphatic rings. The highest BCUT2D eigenvalue weighted by Gasteiger charge is 2.41. The van der Waals surface area contributed by atoms with Gasteiger partial charge in [0.25, 0.3) is 0 Å². The largest absolute Gasteiger partial charge is 0.340 e. The zero-order valence-corrected chi connectivity index (χ0v) is 14.6. The Morgan fingerprint density at radius 3 is 2.46 bits per heavy atom. The lowest BCUT2D eigenvalue weighted by atomic mass is 10.1. The minimum absolute atomic E-state index is 0.0199. The first-order valence-electron chi connectivity index (χ1n) is 8.97. The lowest BCUT2D eigenvalue weighted by Gasteiger charge is -2.34. The number of para-hydroxylation sites is 1. The van der Waals surface area contributed by atoms with Crippen molar-refractivity contribution in [3.8, 4) is 0 Å². The highest BCUT2D eigenvalue weighted by atomic mass is 16.2. The molecule has 1 aliphatic heterocycles. The van der Waals surface area contributed by atoms with Crippen LogP contribution in [0, 0.1) is 11.8 Å². The Labute approximate surface area is 144 Å². The molecule has 2 amide bonds. The van der Waals surface area contributed by atoms with E-state index in [0.717, 1.165) is 50.3 Å². The van der Waals surface area contributed by atoms with Crippen LogP contribution < -0.4 is 5.32 Å². The number of aryl methyl sites for hydroxylation is 1. The molecule has 1 aromatic carbocycles. The van der Waals surface area contributed by atoms with Crippen molar-refractivity contribution in [1.82, 2.24) is 9.80 Å². The normalized spacial score (nSPS) is 23.8. The lowest BCUT2D eigenvalue weighted by molar-refractivity contribution is -0.134. The number of hydrogen-bond acceptors (Lipinski definition) is 3. The number of amides is 2. The fraction of sp³-hybridized carbons (Fsp3) is 0.579. The fourth-order valence-corrected chi connectivity index (χ4v) is 3.37. The smallest absolute Gasteiger partial charge is 0.238 e. The molecule has 3 rings (SSSR count). The molecule has 0 spiro atoms. The maximum Gasteiger partial charge on any atom is 0.238 e. The third-order valence-electron chi connectivity index (χ3n) is 5.15. The zero-order valence-electron chi connectivity index (χ0n) is 14.6. The van der Waals surface area contributed by atoms with Crippen LogP contribution in [0.25, 0.3) is 0 Å². The first-order chi connectivity index (χ1) is 11.6. The Bertz CT molecular complexity index is 608. The van der Waals surface area contributed by atoms with Gasteiger partial charge in [0.1, 0.15) is 0 Å². The summed E-state index contributed by atoms with van der Waals surface area (Å²) >= 11 is 0. The molecule has 2 fully saturated rings. The van der Waals surface area contributed by atoms with Gasteiger partial charge in [-0.15, -0.1) is 0 Å². The number of carbonyl (C=O) groups is 2. The Balaban J connectivity index is 1.45. The van der Waals surface area contributed by atoms with Gasteiger partial charge >= 0.3 is 0 Å². The monoisotopic (exact) mass is 329 g/mol. The van der Waals surface area contributed by atoms with E-state index < -0.39 is 0 Å². The van der Waals surface area contributed by atoms with Crippen LogP contribution in [0.2, 0.25) is 0 Å². The number of nitrogens with zero attached hydrogens (tertiary/aromatic N) is 2. The van der Waals surface area contributed by atoms with Crippen LogP contribution in [0.5, 0.6) is 0 Å². The van der Waals surface area contributed by atoms with Gasteiger partial charge in [0.2, 0.25) is 11.8 Å². The van der Waals surface area contributed by atoms with Gasteiger partial charge in [0.15, 0.2) is 0 Å². The molecule has 2 atom stereocenters. The number of nitrogens with one attached hydrogen (secondary N) is 1. The molecule has 130 valence electrons. The Kier molecular flexibility index (Phi) is 5.19. The molecule has 1 saturated carbocycles. The maximum absolute atomic E-state index is 12.3. The van der Waals surface area contributed by atoms with Crippen molar-refractivity contribution in [3.05, 3.63) is 29.8 Å². The van der Waals surface area contributed by atoms with Gasteiger partial charge in [-0.1, -0.05) is 32.0 Å². The highest BCUT2D eigenvalue weighted by molar-refractivity contribution is 5.93. The maximum atomic E-state index is 12.3. The van der Waals surface area contributed by atoms with Gasteiger partial charge in [-0.25, -0.2) is 0 Å². The standard InChI is InChI=1S/C19H27N3O2/c1-3-15-6-4-5-7-17(15)20-18(23)13-21-8-10-22(11-9-21)19(24)16-12-14(16)2/h4-7,14,16H,3,8-13H2,1-2H3,(H,20,23)/t14-,16+/m0/s1. The van der Waals surface area contributed by atoms with Crippen LogP contribution in [-0.2, 0) is 16.0 Å². The van der Waals surface area contributed by atoms with Crippen molar-refractivity contribution in [2.45, 2.75) is 26.7 Å².